The monoisotopic (exact) mass is 483 g/mol. The molecule has 2 heterocycles. The minimum Gasteiger partial charge on any atom is -0.360 e. The number of nitrogens with one attached hydrogen (secondary N) is 2. The van der Waals surface area contributed by atoms with Gasteiger partial charge in [-0.05, 0) is 43.9 Å². The lowest BCUT2D eigenvalue weighted by molar-refractivity contribution is 0.0941. The zero-order valence-electron chi connectivity index (χ0n) is 17.5. The summed E-state index contributed by atoms with van der Waals surface area (Å²) in [7, 11) is 0. The van der Waals surface area contributed by atoms with Crippen LogP contribution in [0.25, 0.3) is 11.3 Å². The molecule has 1 saturated carbocycles. The summed E-state index contributed by atoms with van der Waals surface area (Å²) < 4.78 is 6.26. The molecule has 0 aliphatic heterocycles. The Morgan fingerprint density at radius 1 is 1.16 bits per heavy atom. The number of nitrogens with zero attached hydrogens (tertiary/aromatic N) is 1. The number of aryl methyl sites for hydroxylation is 1. The van der Waals surface area contributed by atoms with Crippen LogP contribution in [0.2, 0.25) is 0 Å². The molecule has 1 aliphatic rings. The van der Waals surface area contributed by atoms with Crippen LogP contribution in [0, 0.1) is 12.8 Å². The van der Waals surface area contributed by atoms with E-state index < -0.39 is 0 Å². The molecule has 3 aromatic rings. The summed E-state index contributed by atoms with van der Waals surface area (Å²) in [5.41, 5.74) is 2.49. The van der Waals surface area contributed by atoms with Crippen LogP contribution in [0.5, 0.6) is 0 Å². The highest BCUT2D eigenvalue weighted by atomic mass is 79.9. The van der Waals surface area contributed by atoms with Crippen molar-refractivity contribution in [2.45, 2.75) is 45.4 Å². The average Bonchev–Trinajstić information content (AvgIpc) is 3.32. The maximum absolute atomic E-state index is 13.2. The summed E-state index contributed by atoms with van der Waals surface area (Å²) >= 11 is 3.41. The Labute approximate surface area is 189 Å². The SMILES string of the molecule is Cc1onc(-c2ccc(Br)cc2)c1C(=O)c1c[nH]c(C(=O)NCC2CCCCCC2)c1. The van der Waals surface area contributed by atoms with E-state index in [4.69, 9.17) is 4.52 Å². The van der Waals surface area contributed by atoms with Gasteiger partial charge in [-0.15, -0.1) is 0 Å². The Kier molecular flexibility index (Phi) is 6.70. The highest BCUT2D eigenvalue weighted by Gasteiger charge is 2.24. The van der Waals surface area contributed by atoms with Crippen LogP contribution in [0.3, 0.4) is 0 Å². The summed E-state index contributed by atoms with van der Waals surface area (Å²) in [6.45, 7) is 2.40. The van der Waals surface area contributed by atoms with E-state index >= 15 is 0 Å². The molecule has 0 bridgehead atoms. The third kappa shape index (κ3) is 4.98. The predicted molar refractivity (Wildman–Crippen MR) is 122 cm³/mol. The second-order valence-corrected chi connectivity index (χ2v) is 9.08. The van der Waals surface area contributed by atoms with E-state index in [9.17, 15) is 9.59 Å². The van der Waals surface area contributed by atoms with Crippen LogP contribution >= 0.6 is 15.9 Å². The molecule has 2 aromatic heterocycles. The fourth-order valence-corrected chi connectivity index (χ4v) is 4.41. The molecule has 0 spiro atoms. The van der Waals surface area contributed by atoms with E-state index in [1.807, 2.05) is 24.3 Å². The first-order valence-corrected chi connectivity index (χ1v) is 11.6. The van der Waals surface area contributed by atoms with Gasteiger partial charge in [0.05, 0.1) is 5.56 Å². The lowest BCUT2D eigenvalue weighted by Gasteiger charge is -2.14. The zero-order valence-corrected chi connectivity index (χ0v) is 19.1. The number of aromatic amines is 1. The van der Waals surface area contributed by atoms with Crippen molar-refractivity contribution in [3.05, 3.63) is 63.6 Å². The van der Waals surface area contributed by atoms with Crippen molar-refractivity contribution in [2.75, 3.05) is 6.54 Å². The first-order valence-electron chi connectivity index (χ1n) is 10.8. The first-order chi connectivity index (χ1) is 15.0. The molecule has 0 atom stereocenters. The minimum atomic E-state index is -0.226. The molecule has 31 heavy (non-hydrogen) atoms. The van der Waals surface area contributed by atoms with Gasteiger partial charge in [0.1, 0.15) is 17.1 Å². The molecule has 0 unspecified atom stereocenters. The van der Waals surface area contributed by atoms with Crippen LogP contribution < -0.4 is 5.32 Å². The zero-order chi connectivity index (χ0) is 21.8. The summed E-state index contributed by atoms with van der Waals surface area (Å²) in [5.74, 6) is 0.577. The van der Waals surface area contributed by atoms with E-state index in [1.165, 1.54) is 38.5 Å². The highest BCUT2D eigenvalue weighted by Crippen LogP contribution is 2.29. The van der Waals surface area contributed by atoms with Crippen molar-refractivity contribution < 1.29 is 14.1 Å². The standard InChI is InChI=1S/C24H26BrN3O3/c1-15-21(22(28-31-15)17-8-10-19(25)11-9-17)23(29)18-12-20(26-14-18)24(30)27-13-16-6-4-2-3-5-7-16/h8-12,14,16,26H,2-7,13H2,1H3,(H,27,30). The van der Waals surface area contributed by atoms with Gasteiger partial charge in [0.25, 0.3) is 5.91 Å². The second-order valence-electron chi connectivity index (χ2n) is 8.17. The van der Waals surface area contributed by atoms with Crippen LogP contribution in [-0.2, 0) is 0 Å². The maximum Gasteiger partial charge on any atom is 0.267 e. The van der Waals surface area contributed by atoms with Gasteiger partial charge in [0.15, 0.2) is 5.78 Å². The van der Waals surface area contributed by atoms with Gasteiger partial charge in [0, 0.05) is 28.3 Å². The number of hydrogen-bond donors (Lipinski definition) is 2. The average molecular weight is 484 g/mol. The van der Waals surface area contributed by atoms with Crippen molar-refractivity contribution in [1.29, 1.82) is 0 Å². The van der Waals surface area contributed by atoms with Crippen molar-refractivity contribution in [3.8, 4) is 11.3 Å². The van der Waals surface area contributed by atoms with Gasteiger partial charge in [-0.3, -0.25) is 9.59 Å². The van der Waals surface area contributed by atoms with Crippen LogP contribution in [0.15, 0.2) is 45.5 Å². The van der Waals surface area contributed by atoms with Gasteiger partial charge < -0.3 is 14.8 Å². The molecule has 7 heteroatoms. The molecule has 1 aromatic carbocycles. The molecule has 0 saturated heterocycles. The Morgan fingerprint density at radius 2 is 1.87 bits per heavy atom. The van der Waals surface area contributed by atoms with Gasteiger partial charge in [-0.25, -0.2) is 0 Å². The van der Waals surface area contributed by atoms with Crippen LogP contribution in [-0.4, -0.2) is 28.4 Å². The van der Waals surface area contributed by atoms with Crippen molar-refractivity contribution >= 4 is 27.6 Å². The molecule has 1 amide bonds. The smallest absolute Gasteiger partial charge is 0.267 e. The summed E-state index contributed by atoms with van der Waals surface area (Å²) in [5, 5.41) is 7.11. The van der Waals surface area contributed by atoms with Gasteiger partial charge >= 0.3 is 0 Å². The molecule has 6 nitrogen and oxygen atoms in total. The number of carbonyl (C=O) groups excluding carboxylic acids is 2. The minimum absolute atomic E-state index is 0.182. The lowest BCUT2D eigenvalue weighted by atomic mass is 9.99. The number of aromatic nitrogens is 2. The Balaban J connectivity index is 1.48. The molecule has 1 fully saturated rings. The second kappa shape index (κ2) is 9.64. The van der Waals surface area contributed by atoms with Gasteiger partial charge in [-0.1, -0.05) is 58.9 Å². The largest absolute Gasteiger partial charge is 0.360 e. The van der Waals surface area contributed by atoms with E-state index in [0.29, 0.717) is 40.7 Å². The molecule has 2 N–H and O–H groups in total. The summed E-state index contributed by atoms with van der Waals surface area (Å²) in [6.07, 6.45) is 8.95. The van der Waals surface area contributed by atoms with Gasteiger partial charge in [0.2, 0.25) is 0 Å². The van der Waals surface area contributed by atoms with E-state index in [2.05, 4.69) is 31.4 Å². The van der Waals surface area contributed by atoms with E-state index in [1.54, 1.807) is 19.2 Å². The number of carbonyl (C=O) groups is 2. The third-order valence-corrected chi connectivity index (χ3v) is 6.45. The molecule has 4 rings (SSSR count). The molecular formula is C24H26BrN3O3. The topological polar surface area (TPSA) is 88.0 Å². The maximum atomic E-state index is 13.2. The summed E-state index contributed by atoms with van der Waals surface area (Å²) in [4.78, 5) is 28.7. The van der Waals surface area contributed by atoms with E-state index in [-0.39, 0.29) is 11.7 Å². The Bertz CT molecular complexity index is 1060. The predicted octanol–water partition coefficient (Wildman–Crippen LogP) is 5.67. The number of halogens is 1. The fourth-order valence-electron chi connectivity index (χ4n) is 4.15. The number of amides is 1. The Morgan fingerprint density at radius 3 is 2.58 bits per heavy atom. The quantitative estimate of drug-likeness (QED) is 0.349. The third-order valence-electron chi connectivity index (χ3n) is 5.92. The van der Waals surface area contributed by atoms with Gasteiger partial charge in [-0.2, -0.15) is 0 Å². The van der Waals surface area contributed by atoms with Crippen molar-refractivity contribution in [3.63, 3.8) is 0 Å². The fraction of sp³-hybridized carbons (Fsp3) is 0.375. The molecular weight excluding hydrogens is 458 g/mol. The number of benzene rings is 1. The molecule has 1 aliphatic carbocycles. The number of ketones is 1. The van der Waals surface area contributed by atoms with Crippen molar-refractivity contribution in [2.24, 2.45) is 5.92 Å². The number of H-pyrrole nitrogens is 1. The number of rotatable bonds is 6. The lowest BCUT2D eigenvalue weighted by Crippen LogP contribution is -2.29. The highest BCUT2D eigenvalue weighted by molar-refractivity contribution is 9.10. The van der Waals surface area contributed by atoms with E-state index in [0.717, 1.165) is 10.0 Å². The Hall–Kier alpha value is -2.67. The first kappa shape index (κ1) is 21.6. The normalized spacial score (nSPS) is 14.9. The van der Waals surface area contributed by atoms with Crippen molar-refractivity contribution in [1.82, 2.24) is 15.5 Å². The molecule has 162 valence electrons. The summed E-state index contributed by atoms with van der Waals surface area (Å²) in [6, 6.07) is 9.13. The van der Waals surface area contributed by atoms with Crippen LogP contribution in [0.1, 0.15) is 70.7 Å². The van der Waals surface area contributed by atoms with Crippen LogP contribution in [0.4, 0.5) is 0 Å². The number of hydrogen-bond acceptors (Lipinski definition) is 4. The molecule has 0 radical (unpaired) electrons.